The maximum absolute atomic E-state index is 6.25. The molecule has 3 heterocycles. The summed E-state index contributed by atoms with van der Waals surface area (Å²) in [6.45, 7) is 8.62. The van der Waals surface area contributed by atoms with E-state index in [4.69, 9.17) is 16.0 Å². The van der Waals surface area contributed by atoms with E-state index < -0.39 is 8.32 Å². The van der Waals surface area contributed by atoms with Gasteiger partial charge in [0.05, 0.1) is 17.8 Å². The predicted molar refractivity (Wildman–Crippen MR) is 77.1 cm³/mol. The van der Waals surface area contributed by atoms with Crippen LogP contribution in [-0.2, 0) is 4.43 Å². The lowest BCUT2D eigenvalue weighted by Crippen LogP contribution is -2.42. The van der Waals surface area contributed by atoms with Crippen molar-refractivity contribution in [1.82, 2.24) is 4.98 Å². The number of hydrogen-bond donors (Lipinski definition) is 1. The molecular formula is C12H18ClN3OSi. The molecule has 1 N–H and O–H groups in total. The molecule has 1 aromatic heterocycles. The lowest BCUT2D eigenvalue weighted by Gasteiger charge is -2.29. The summed E-state index contributed by atoms with van der Waals surface area (Å²) < 4.78 is 6.25. The number of nitrogens with one attached hydrogen (secondary N) is 1. The Kier molecular flexibility index (Phi) is 2.80. The Balaban J connectivity index is 1.84. The first kappa shape index (κ1) is 12.3. The second-order valence-corrected chi connectivity index (χ2v) is 10.8. The van der Waals surface area contributed by atoms with Crippen molar-refractivity contribution < 1.29 is 4.43 Å². The molecule has 0 amide bonds. The van der Waals surface area contributed by atoms with Gasteiger partial charge >= 0.3 is 0 Å². The molecule has 1 saturated heterocycles. The Morgan fingerprint density at radius 3 is 2.89 bits per heavy atom. The van der Waals surface area contributed by atoms with Crippen molar-refractivity contribution in [3.63, 3.8) is 0 Å². The summed E-state index contributed by atoms with van der Waals surface area (Å²) in [5.74, 6) is 0.889. The Hall–Kier alpha value is -0.783. The second-order valence-electron chi connectivity index (χ2n) is 5.93. The number of fused-ring (bicyclic) bond motifs is 4. The maximum Gasteiger partial charge on any atom is 0.184 e. The first-order chi connectivity index (χ1) is 8.42. The monoisotopic (exact) mass is 283 g/mol. The lowest BCUT2D eigenvalue weighted by atomic mass is 10.2. The van der Waals surface area contributed by atoms with E-state index in [0.29, 0.717) is 11.2 Å². The third-order valence-corrected chi connectivity index (χ3v) is 4.49. The molecular weight excluding hydrogens is 266 g/mol. The number of pyridine rings is 1. The van der Waals surface area contributed by atoms with E-state index >= 15 is 0 Å². The van der Waals surface area contributed by atoms with Gasteiger partial charge in [-0.3, -0.25) is 0 Å². The molecule has 98 valence electrons. The minimum atomic E-state index is -1.51. The van der Waals surface area contributed by atoms with Gasteiger partial charge < -0.3 is 14.6 Å². The van der Waals surface area contributed by atoms with Gasteiger partial charge in [0.2, 0.25) is 0 Å². The molecule has 3 rings (SSSR count). The zero-order chi connectivity index (χ0) is 12.9. The van der Waals surface area contributed by atoms with Crippen molar-refractivity contribution in [2.75, 3.05) is 23.3 Å². The van der Waals surface area contributed by atoms with Crippen LogP contribution in [0.1, 0.15) is 0 Å². The standard InChI is InChI=1S/C12H18ClN3OSi/c1-18(2,3)17-10-7-16-6-8(10)14-12-9(16)4-5-11(13)15-12/h4-5,8,10H,6-7H2,1-3H3,(H,14,15)/t8-,10-/m1/s1. The molecule has 6 heteroatoms. The highest BCUT2D eigenvalue weighted by Gasteiger charge is 2.40. The average molecular weight is 284 g/mol. The van der Waals surface area contributed by atoms with E-state index in [-0.39, 0.29) is 6.10 Å². The normalized spacial score (nSPS) is 25.9. The number of rotatable bonds is 2. The van der Waals surface area contributed by atoms with Crippen molar-refractivity contribution in [2.45, 2.75) is 31.8 Å². The predicted octanol–water partition coefficient (Wildman–Crippen LogP) is 2.57. The van der Waals surface area contributed by atoms with Gasteiger partial charge in [0.15, 0.2) is 14.1 Å². The van der Waals surface area contributed by atoms with E-state index in [9.17, 15) is 0 Å². The van der Waals surface area contributed by atoms with Crippen molar-refractivity contribution in [1.29, 1.82) is 0 Å². The third kappa shape index (κ3) is 2.22. The maximum atomic E-state index is 6.25. The number of nitrogens with zero attached hydrogens (tertiary/aromatic N) is 2. The van der Waals surface area contributed by atoms with Gasteiger partial charge in [0, 0.05) is 13.1 Å². The highest BCUT2D eigenvalue weighted by Crippen LogP contribution is 2.36. The molecule has 4 nitrogen and oxygen atoms in total. The summed E-state index contributed by atoms with van der Waals surface area (Å²) in [7, 11) is -1.51. The molecule has 0 unspecified atom stereocenters. The molecule has 0 spiro atoms. The number of hydrogen-bond acceptors (Lipinski definition) is 4. The highest BCUT2D eigenvalue weighted by molar-refractivity contribution is 6.69. The Bertz CT molecular complexity index is 477. The third-order valence-electron chi connectivity index (χ3n) is 3.27. The van der Waals surface area contributed by atoms with Crippen molar-refractivity contribution >= 4 is 31.4 Å². The molecule has 2 bridgehead atoms. The SMILES string of the molecule is C[Si](C)(C)O[C@@H]1CN2C[C@H]1Nc1nc(Cl)ccc12. The summed E-state index contributed by atoms with van der Waals surface area (Å²) in [6, 6.07) is 4.20. The molecule has 1 fully saturated rings. The van der Waals surface area contributed by atoms with Gasteiger partial charge in [-0.2, -0.15) is 0 Å². The fourth-order valence-corrected chi connectivity index (χ4v) is 3.94. The van der Waals surface area contributed by atoms with Crippen LogP contribution >= 0.6 is 11.6 Å². The van der Waals surface area contributed by atoms with E-state index in [2.05, 4.69) is 34.8 Å². The number of halogens is 1. The molecule has 2 aliphatic rings. The minimum Gasteiger partial charge on any atom is -0.411 e. The van der Waals surface area contributed by atoms with Crippen LogP contribution in [0.25, 0.3) is 0 Å². The Labute approximate surface area is 113 Å². The molecule has 0 radical (unpaired) electrons. The zero-order valence-corrected chi connectivity index (χ0v) is 12.7. The van der Waals surface area contributed by atoms with Crippen LogP contribution < -0.4 is 10.2 Å². The molecule has 2 aliphatic heterocycles. The Morgan fingerprint density at radius 2 is 2.17 bits per heavy atom. The molecule has 0 aromatic carbocycles. The van der Waals surface area contributed by atoms with Crippen molar-refractivity contribution in [3.8, 4) is 0 Å². The smallest absolute Gasteiger partial charge is 0.184 e. The molecule has 0 saturated carbocycles. The van der Waals surface area contributed by atoms with Crippen LogP contribution in [0.3, 0.4) is 0 Å². The van der Waals surface area contributed by atoms with Crippen molar-refractivity contribution in [3.05, 3.63) is 17.3 Å². The fourth-order valence-electron chi connectivity index (χ4n) is 2.65. The van der Waals surface area contributed by atoms with Crippen LogP contribution in [-0.4, -0.2) is 38.5 Å². The Morgan fingerprint density at radius 1 is 1.39 bits per heavy atom. The zero-order valence-electron chi connectivity index (χ0n) is 10.9. The number of aromatic nitrogens is 1. The highest BCUT2D eigenvalue weighted by atomic mass is 35.5. The first-order valence-electron chi connectivity index (χ1n) is 6.28. The van der Waals surface area contributed by atoms with E-state index in [1.54, 1.807) is 0 Å². The van der Waals surface area contributed by atoms with Crippen LogP contribution in [0.15, 0.2) is 12.1 Å². The largest absolute Gasteiger partial charge is 0.411 e. The molecule has 0 aliphatic carbocycles. The summed E-state index contributed by atoms with van der Waals surface area (Å²) in [6.07, 6.45) is 0.254. The van der Waals surface area contributed by atoms with Gasteiger partial charge in [-0.25, -0.2) is 4.98 Å². The lowest BCUT2D eigenvalue weighted by molar-refractivity contribution is 0.206. The summed E-state index contributed by atoms with van der Waals surface area (Å²) in [4.78, 5) is 6.69. The van der Waals surface area contributed by atoms with E-state index in [1.165, 1.54) is 0 Å². The van der Waals surface area contributed by atoms with E-state index in [0.717, 1.165) is 24.6 Å². The van der Waals surface area contributed by atoms with Gasteiger partial charge in [0.25, 0.3) is 0 Å². The minimum absolute atomic E-state index is 0.254. The number of anilines is 2. The molecule has 1 aromatic rings. The summed E-state index contributed by atoms with van der Waals surface area (Å²) >= 11 is 5.94. The van der Waals surface area contributed by atoms with Crippen LogP contribution in [0, 0.1) is 0 Å². The second kappa shape index (κ2) is 4.11. The topological polar surface area (TPSA) is 37.4 Å². The van der Waals surface area contributed by atoms with Crippen LogP contribution in [0.4, 0.5) is 11.5 Å². The van der Waals surface area contributed by atoms with Gasteiger partial charge in [0.1, 0.15) is 5.15 Å². The fraction of sp³-hybridized carbons (Fsp3) is 0.583. The van der Waals surface area contributed by atoms with Crippen molar-refractivity contribution in [2.24, 2.45) is 0 Å². The average Bonchev–Trinajstić information content (AvgIpc) is 2.54. The van der Waals surface area contributed by atoms with Gasteiger partial charge in [-0.1, -0.05) is 11.6 Å². The summed E-state index contributed by atoms with van der Waals surface area (Å²) in [5, 5.41) is 4.00. The first-order valence-corrected chi connectivity index (χ1v) is 10.1. The van der Waals surface area contributed by atoms with Crippen LogP contribution in [0.5, 0.6) is 0 Å². The van der Waals surface area contributed by atoms with Gasteiger partial charge in [-0.05, 0) is 31.8 Å². The van der Waals surface area contributed by atoms with Crippen LogP contribution in [0.2, 0.25) is 24.8 Å². The quantitative estimate of drug-likeness (QED) is 0.669. The molecule has 18 heavy (non-hydrogen) atoms. The van der Waals surface area contributed by atoms with Gasteiger partial charge in [-0.15, -0.1) is 0 Å². The van der Waals surface area contributed by atoms with E-state index in [1.807, 2.05) is 12.1 Å². The molecule has 2 atom stereocenters. The summed E-state index contributed by atoms with van der Waals surface area (Å²) in [5.41, 5.74) is 1.14.